The smallest absolute Gasteiger partial charge is 0.255 e. The molecule has 0 unspecified atom stereocenters. The highest BCUT2D eigenvalue weighted by atomic mass is 16.5. The molecule has 32 heavy (non-hydrogen) atoms. The summed E-state index contributed by atoms with van der Waals surface area (Å²) in [4.78, 5) is 20.8. The Bertz CT molecular complexity index is 1180. The van der Waals surface area contributed by atoms with E-state index in [0.29, 0.717) is 18.3 Å². The molecule has 3 aliphatic rings. The summed E-state index contributed by atoms with van der Waals surface area (Å²) in [5.41, 5.74) is 6.63. The Morgan fingerprint density at radius 3 is 2.56 bits per heavy atom. The Morgan fingerprint density at radius 2 is 1.75 bits per heavy atom. The summed E-state index contributed by atoms with van der Waals surface area (Å²) in [6.45, 7) is 3.81. The van der Waals surface area contributed by atoms with Gasteiger partial charge in [0, 0.05) is 43.0 Å². The molecule has 2 aromatic heterocycles. The van der Waals surface area contributed by atoms with Crippen molar-refractivity contribution < 1.29 is 9.47 Å². The summed E-state index contributed by atoms with van der Waals surface area (Å²) in [6.07, 6.45) is 8.70. The van der Waals surface area contributed by atoms with Crippen molar-refractivity contribution in [1.29, 1.82) is 0 Å². The van der Waals surface area contributed by atoms with Crippen LogP contribution >= 0.6 is 0 Å². The van der Waals surface area contributed by atoms with E-state index in [1.807, 2.05) is 36.8 Å². The van der Waals surface area contributed by atoms with Crippen molar-refractivity contribution in [2.75, 3.05) is 37.8 Å². The number of benzene rings is 1. The fourth-order valence-corrected chi connectivity index (χ4v) is 4.37. The van der Waals surface area contributed by atoms with Gasteiger partial charge in [-0.05, 0) is 17.2 Å². The summed E-state index contributed by atoms with van der Waals surface area (Å²) in [6, 6.07) is 12.4. The predicted octanol–water partition coefficient (Wildman–Crippen LogP) is 3.21. The molecule has 3 aromatic rings. The van der Waals surface area contributed by atoms with Crippen molar-refractivity contribution in [3.05, 3.63) is 89.3 Å². The Labute approximate surface area is 186 Å². The number of hydrogen-bond acceptors (Lipinski definition) is 7. The average molecular weight is 425 g/mol. The van der Waals surface area contributed by atoms with E-state index >= 15 is 0 Å². The van der Waals surface area contributed by atoms with Gasteiger partial charge in [0.1, 0.15) is 12.6 Å². The molecular weight excluding hydrogens is 402 g/mol. The molecule has 7 nitrogen and oxygen atoms in total. The molecule has 4 heterocycles. The van der Waals surface area contributed by atoms with E-state index in [-0.39, 0.29) is 6.04 Å². The van der Waals surface area contributed by atoms with Gasteiger partial charge in [0.2, 0.25) is 5.82 Å². The Morgan fingerprint density at radius 1 is 0.938 bits per heavy atom. The van der Waals surface area contributed by atoms with E-state index in [0.717, 1.165) is 66.4 Å². The molecule has 1 atom stereocenters. The quantitative estimate of drug-likeness (QED) is 0.639. The normalized spacial score (nSPS) is 19.9. The lowest BCUT2D eigenvalue weighted by atomic mass is 10.0. The van der Waals surface area contributed by atoms with Gasteiger partial charge in [-0.1, -0.05) is 36.4 Å². The number of aliphatic imine (C=N–C) groups is 1. The zero-order valence-electron chi connectivity index (χ0n) is 17.6. The van der Waals surface area contributed by atoms with Crippen LogP contribution in [0.2, 0.25) is 0 Å². The summed E-state index contributed by atoms with van der Waals surface area (Å²) in [7, 11) is 0. The third-order valence-corrected chi connectivity index (χ3v) is 6.11. The van der Waals surface area contributed by atoms with Crippen LogP contribution in [0.5, 0.6) is 0 Å². The van der Waals surface area contributed by atoms with Crippen LogP contribution < -0.4 is 4.90 Å². The van der Waals surface area contributed by atoms with Gasteiger partial charge in [0.25, 0.3) is 5.90 Å². The van der Waals surface area contributed by atoms with Crippen LogP contribution in [0, 0.1) is 0 Å². The van der Waals surface area contributed by atoms with Gasteiger partial charge in [0.05, 0.1) is 30.8 Å². The minimum absolute atomic E-state index is 0.0106. The molecule has 0 N–H and O–H groups in total. The van der Waals surface area contributed by atoms with Gasteiger partial charge in [-0.25, -0.2) is 15.0 Å². The first-order valence-electron chi connectivity index (χ1n) is 11.0. The molecule has 0 spiro atoms. The van der Waals surface area contributed by atoms with Crippen LogP contribution in [-0.2, 0) is 15.9 Å². The molecule has 1 fully saturated rings. The lowest BCUT2D eigenvalue weighted by Gasteiger charge is -2.29. The molecule has 0 bridgehead atoms. The van der Waals surface area contributed by atoms with Gasteiger partial charge in [-0.3, -0.25) is 4.98 Å². The van der Waals surface area contributed by atoms with Crippen LogP contribution in [-0.4, -0.2) is 53.8 Å². The zero-order valence-corrected chi connectivity index (χ0v) is 17.6. The molecule has 0 radical (unpaired) electrons. The number of nitrogens with zero attached hydrogens (tertiary/aromatic N) is 5. The molecule has 6 rings (SSSR count). The maximum absolute atomic E-state index is 5.80. The maximum Gasteiger partial charge on any atom is 0.255 e. The standard InChI is InChI=1S/C25H23N5O2/c1-2-4-17(5-3-1)23-16-32-25(29-23)24-27-13-18(14-28-24)20-6-7-22-21(20)12-19(15-26-22)30-8-10-31-11-9-30/h1-6,12-15,23H,7-11,16H2/t23-/m0/s1. The molecule has 1 saturated heterocycles. The maximum atomic E-state index is 5.80. The number of hydrogen-bond donors (Lipinski definition) is 0. The molecule has 160 valence electrons. The average Bonchev–Trinajstić information content (AvgIpc) is 3.53. The highest BCUT2D eigenvalue weighted by Gasteiger charge is 2.24. The summed E-state index contributed by atoms with van der Waals surface area (Å²) >= 11 is 0. The van der Waals surface area contributed by atoms with Crippen molar-refractivity contribution >= 4 is 17.2 Å². The molecule has 7 heteroatoms. The number of allylic oxidation sites excluding steroid dienone is 1. The highest BCUT2D eigenvalue weighted by Crippen LogP contribution is 2.34. The molecule has 0 amide bonds. The minimum Gasteiger partial charge on any atom is -0.473 e. The fourth-order valence-electron chi connectivity index (χ4n) is 4.37. The Kier molecular flexibility index (Phi) is 4.88. The Hall–Kier alpha value is -3.58. The lowest BCUT2D eigenvalue weighted by Crippen LogP contribution is -2.36. The first-order chi connectivity index (χ1) is 15.8. The summed E-state index contributed by atoms with van der Waals surface area (Å²) in [5, 5.41) is 0. The number of morpholine rings is 1. The number of ether oxygens (including phenoxy) is 2. The van der Waals surface area contributed by atoms with Crippen molar-refractivity contribution in [2.24, 2.45) is 4.99 Å². The van der Waals surface area contributed by atoms with Gasteiger partial charge < -0.3 is 14.4 Å². The first kappa shape index (κ1) is 19.1. The topological polar surface area (TPSA) is 72.7 Å². The van der Waals surface area contributed by atoms with Crippen LogP contribution in [0.4, 0.5) is 5.69 Å². The second-order valence-electron chi connectivity index (χ2n) is 8.08. The minimum atomic E-state index is -0.0106. The van der Waals surface area contributed by atoms with E-state index in [9.17, 15) is 0 Å². The van der Waals surface area contributed by atoms with Gasteiger partial charge >= 0.3 is 0 Å². The lowest BCUT2D eigenvalue weighted by molar-refractivity contribution is 0.122. The molecule has 0 saturated carbocycles. The molecule has 1 aromatic carbocycles. The van der Waals surface area contributed by atoms with Crippen molar-refractivity contribution in [3.63, 3.8) is 0 Å². The molecule has 2 aliphatic heterocycles. The van der Waals surface area contributed by atoms with Crippen molar-refractivity contribution in [3.8, 4) is 0 Å². The number of aromatic nitrogens is 3. The van der Waals surface area contributed by atoms with E-state index in [1.165, 1.54) is 0 Å². The molecule has 1 aliphatic carbocycles. The van der Waals surface area contributed by atoms with Crippen molar-refractivity contribution in [2.45, 2.75) is 12.5 Å². The van der Waals surface area contributed by atoms with Crippen LogP contribution in [0.15, 0.2) is 66.1 Å². The monoisotopic (exact) mass is 425 g/mol. The summed E-state index contributed by atoms with van der Waals surface area (Å²) < 4.78 is 11.3. The van der Waals surface area contributed by atoms with Crippen LogP contribution in [0.1, 0.15) is 34.3 Å². The Balaban J connectivity index is 1.23. The van der Waals surface area contributed by atoms with Crippen molar-refractivity contribution in [1.82, 2.24) is 15.0 Å². The fraction of sp³-hybridized carbons (Fsp3) is 0.280. The second kappa shape index (κ2) is 8.16. The zero-order chi connectivity index (χ0) is 21.3. The number of anilines is 1. The van der Waals surface area contributed by atoms with E-state index < -0.39 is 0 Å². The predicted molar refractivity (Wildman–Crippen MR) is 122 cm³/mol. The van der Waals surface area contributed by atoms with Gasteiger partial charge in [-0.2, -0.15) is 0 Å². The first-order valence-corrected chi connectivity index (χ1v) is 11.0. The summed E-state index contributed by atoms with van der Waals surface area (Å²) in [5.74, 6) is 1.02. The highest BCUT2D eigenvalue weighted by molar-refractivity contribution is 5.92. The van der Waals surface area contributed by atoms with Crippen LogP contribution in [0.3, 0.4) is 0 Å². The third-order valence-electron chi connectivity index (χ3n) is 6.11. The molecular formula is C25H23N5O2. The number of fused-ring (bicyclic) bond motifs is 1. The van der Waals surface area contributed by atoms with E-state index in [2.05, 4.69) is 44.1 Å². The van der Waals surface area contributed by atoms with E-state index in [1.54, 1.807) is 0 Å². The third kappa shape index (κ3) is 3.54. The van der Waals surface area contributed by atoms with Gasteiger partial charge in [0.15, 0.2) is 0 Å². The van der Waals surface area contributed by atoms with Crippen LogP contribution in [0.25, 0.3) is 5.57 Å². The van der Waals surface area contributed by atoms with E-state index in [4.69, 9.17) is 14.5 Å². The SMILES string of the molecule is C1=C(c2cnc(C3=N[C@H](c4ccccc4)CO3)nc2)c2cc(N3CCOCC3)cnc2C1. The number of pyridine rings is 1. The van der Waals surface area contributed by atoms with Gasteiger partial charge in [-0.15, -0.1) is 0 Å². The largest absolute Gasteiger partial charge is 0.473 e. The number of rotatable bonds is 4. The second-order valence-corrected chi connectivity index (χ2v) is 8.08.